The first-order valence-corrected chi connectivity index (χ1v) is 10.8. The van der Waals surface area contributed by atoms with Crippen molar-refractivity contribution in [1.29, 1.82) is 5.26 Å². The molecular weight excluding hydrogens is 432 g/mol. The Kier molecular flexibility index (Phi) is 6.94. The molecule has 0 radical (unpaired) electrons. The van der Waals surface area contributed by atoms with Crippen LogP contribution in [0, 0.1) is 18.3 Å². The highest BCUT2D eigenvalue weighted by Crippen LogP contribution is 2.27. The molecule has 2 aromatic heterocycles. The molecule has 4 rings (SSSR count). The number of amides is 1. The molecule has 34 heavy (non-hydrogen) atoms. The van der Waals surface area contributed by atoms with E-state index in [1.165, 1.54) is 0 Å². The molecule has 8 heteroatoms. The molecule has 172 valence electrons. The van der Waals surface area contributed by atoms with Crippen LogP contribution in [0.2, 0.25) is 0 Å². The molecule has 0 bridgehead atoms. The molecule has 0 unspecified atom stereocenters. The molecule has 0 aliphatic carbocycles. The summed E-state index contributed by atoms with van der Waals surface area (Å²) < 4.78 is 18.3. The van der Waals surface area contributed by atoms with Crippen LogP contribution < -0.4 is 14.8 Å². The zero-order chi connectivity index (χ0) is 23.9. The number of ether oxygens (including phenoxy) is 2. The number of aromatic nitrogens is 2. The standard InChI is InChI=1S/C26H24N4O4/c1-18-14-25(29-34-18)28-26(31)19(16-27)15-20-17-30(22-9-4-3-8-21(20)22)12-7-13-33-24-11-6-5-10-23(24)32-2/h3-6,8-11,14-15,17H,7,12-13H2,1-2H3,(H,28,29,31)/b19-15-. The van der Waals surface area contributed by atoms with Gasteiger partial charge in [-0.3, -0.25) is 4.79 Å². The van der Waals surface area contributed by atoms with E-state index in [4.69, 9.17) is 14.0 Å². The van der Waals surface area contributed by atoms with Gasteiger partial charge in [0, 0.05) is 35.3 Å². The minimum absolute atomic E-state index is 0.0249. The summed E-state index contributed by atoms with van der Waals surface area (Å²) in [5.41, 5.74) is 1.77. The van der Waals surface area contributed by atoms with E-state index in [-0.39, 0.29) is 11.4 Å². The van der Waals surface area contributed by atoms with Crippen molar-refractivity contribution in [3.8, 4) is 17.6 Å². The molecule has 1 N–H and O–H groups in total. The molecule has 0 atom stereocenters. The molecule has 0 aliphatic rings. The van der Waals surface area contributed by atoms with Gasteiger partial charge in [0.2, 0.25) is 0 Å². The van der Waals surface area contributed by atoms with Gasteiger partial charge in [-0.2, -0.15) is 5.26 Å². The third-order valence-electron chi connectivity index (χ3n) is 5.22. The van der Waals surface area contributed by atoms with Gasteiger partial charge in [0.05, 0.1) is 13.7 Å². The summed E-state index contributed by atoms with van der Waals surface area (Å²) in [4.78, 5) is 12.6. The molecule has 0 fully saturated rings. The number of carbonyl (C=O) groups is 1. The number of nitrogens with zero attached hydrogens (tertiary/aromatic N) is 3. The molecule has 0 spiro atoms. The van der Waals surface area contributed by atoms with Crippen LogP contribution in [0.4, 0.5) is 5.82 Å². The van der Waals surface area contributed by atoms with Crippen LogP contribution >= 0.6 is 0 Å². The molecule has 2 aromatic carbocycles. The Morgan fingerprint density at radius 3 is 2.71 bits per heavy atom. The van der Waals surface area contributed by atoms with E-state index in [2.05, 4.69) is 15.0 Å². The van der Waals surface area contributed by atoms with Gasteiger partial charge in [-0.1, -0.05) is 35.5 Å². The van der Waals surface area contributed by atoms with Crippen molar-refractivity contribution in [1.82, 2.24) is 9.72 Å². The van der Waals surface area contributed by atoms with Crippen LogP contribution in [0.1, 0.15) is 17.7 Å². The smallest absolute Gasteiger partial charge is 0.267 e. The first-order chi connectivity index (χ1) is 16.6. The number of nitriles is 1. The first kappa shape index (κ1) is 22.7. The number of fused-ring (bicyclic) bond motifs is 1. The van der Waals surface area contributed by atoms with Gasteiger partial charge in [-0.25, -0.2) is 0 Å². The zero-order valence-corrected chi connectivity index (χ0v) is 18.9. The molecule has 0 saturated carbocycles. The minimum atomic E-state index is -0.544. The summed E-state index contributed by atoms with van der Waals surface area (Å²) in [7, 11) is 1.62. The van der Waals surface area contributed by atoms with Gasteiger partial charge in [0.1, 0.15) is 17.4 Å². The van der Waals surface area contributed by atoms with Crippen LogP contribution in [0.5, 0.6) is 11.5 Å². The van der Waals surface area contributed by atoms with E-state index < -0.39 is 5.91 Å². The lowest BCUT2D eigenvalue weighted by molar-refractivity contribution is -0.112. The maximum absolute atomic E-state index is 12.6. The van der Waals surface area contributed by atoms with Crippen LogP contribution in [-0.4, -0.2) is 29.3 Å². The number of carbonyl (C=O) groups excluding carboxylic acids is 1. The summed E-state index contributed by atoms with van der Waals surface area (Å²) in [6.45, 7) is 2.94. The van der Waals surface area contributed by atoms with E-state index in [0.717, 1.165) is 22.9 Å². The molecule has 0 saturated heterocycles. The van der Waals surface area contributed by atoms with E-state index in [0.29, 0.717) is 30.4 Å². The molecule has 1 amide bonds. The predicted molar refractivity (Wildman–Crippen MR) is 129 cm³/mol. The maximum atomic E-state index is 12.6. The largest absolute Gasteiger partial charge is 0.493 e. The van der Waals surface area contributed by atoms with Gasteiger partial charge in [0.15, 0.2) is 17.3 Å². The first-order valence-electron chi connectivity index (χ1n) is 10.8. The van der Waals surface area contributed by atoms with Gasteiger partial charge < -0.3 is 23.9 Å². The van der Waals surface area contributed by atoms with E-state index in [9.17, 15) is 10.1 Å². The summed E-state index contributed by atoms with van der Waals surface area (Å²) in [5.74, 6) is 1.69. The van der Waals surface area contributed by atoms with Gasteiger partial charge in [0.25, 0.3) is 5.91 Å². The van der Waals surface area contributed by atoms with Gasteiger partial charge >= 0.3 is 0 Å². The Balaban J connectivity index is 1.49. The third-order valence-corrected chi connectivity index (χ3v) is 5.22. The number of nitrogens with one attached hydrogen (secondary N) is 1. The normalized spacial score (nSPS) is 11.3. The van der Waals surface area contributed by atoms with Crippen LogP contribution in [0.15, 0.2) is 70.9 Å². The van der Waals surface area contributed by atoms with E-state index >= 15 is 0 Å². The number of rotatable bonds is 9. The summed E-state index contributed by atoms with van der Waals surface area (Å²) in [6.07, 6.45) is 4.29. The number of methoxy groups -OCH3 is 1. The number of anilines is 1. The monoisotopic (exact) mass is 456 g/mol. The highest BCUT2D eigenvalue weighted by atomic mass is 16.5. The molecule has 0 aliphatic heterocycles. The summed E-state index contributed by atoms with van der Waals surface area (Å²) >= 11 is 0. The van der Waals surface area contributed by atoms with Crippen LogP contribution in [0.3, 0.4) is 0 Å². The third kappa shape index (κ3) is 5.10. The minimum Gasteiger partial charge on any atom is -0.493 e. The molecule has 4 aromatic rings. The van der Waals surface area contributed by atoms with Crippen molar-refractivity contribution in [3.05, 3.63) is 77.7 Å². The Bertz CT molecular complexity index is 1380. The number of hydrogen-bond acceptors (Lipinski definition) is 6. The lowest BCUT2D eigenvalue weighted by atomic mass is 10.1. The highest BCUT2D eigenvalue weighted by Gasteiger charge is 2.14. The van der Waals surface area contributed by atoms with E-state index in [1.807, 2.05) is 60.8 Å². The summed E-state index contributed by atoms with van der Waals surface area (Å²) in [5, 5.41) is 16.9. The zero-order valence-electron chi connectivity index (χ0n) is 18.9. The number of hydrogen-bond donors (Lipinski definition) is 1. The van der Waals surface area contributed by atoms with Gasteiger partial charge in [-0.15, -0.1) is 0 Å². The average molecular weight is 457 g/mol. The van der Waals surface area contributed by atoms with Crippen LogP contribution in [0.25, 0.3) is 17.0 Å². The highest BCUT2D eigenvalue weighted by molar-refractivity contribution is 6.10. The Morgan fingerprint density at radius 2 is 1.97 bits per heavy atom. The Labute approximate surface area is 197 Å². The van der Waals surface area contributed by atoms with Gasteiger partial charge in [-0.05, 0) is 37.6 Å². The second-order valence-electron chi connectivity index (χ2n) is 7.59. The topological polar surface area (TPSA) is 102 Å². The fourth-order valence-electron chi connectivity index (χ4n) is 3.64. The SMILES string of the molecule is COc1ccccc1OCCCn1cc(/C=C(/C#N)C(=O)Nc2cc(C)on2)c2ccccc21. The van der Waals surface area contributed by atoms with Crippen molar-refractivity contribution >= 4 is 28.7 Å². The van der Waals surface area contributed by atoms with Crippen molar-refractivity contribution < 1.29 is 18.8 Å². The molecular formula is C26H24N4O4. The number of aryl methyl sites for hydroxylation is 2. The van der Waals surface area contributed by atoms with Crippen molar-refractivity contribution in [2.75, 3.05) is 19.0 Å². The van der Waals surface area contributed by atoms with Crippen molar-refractivity contribution in [3.63, 3.8) is 0 Å². The Hall–Kier alpha value is -4.51. The quantitative estimate of drug-likeness (QED) is 0.217. The lowest BCUT2D eigenvalue weighted by Crippen LogP contribution is -2.13. The second-order valence-corrected chi connectivity index (χ2v) is 7.59. The van der Waals surface area contributed by atoms with E-state index in [1.54, 1.807) is 26.2 Å². The number of para-hydroxylation sites is 3. The van der Waals surface area contributed by atoms with Crippen LogP contribution in [-0.2, 0) is 11.3 Å². The van der Waals surface area contributed by atoms with Crippen molar-refractivity contribution in [2.24, 2.45) is 0 Å². The fraction of sp³-hybridized carbons (Fsp3) is 0.192. The fourth-order valence-corrected chi connectivity index (χ4v) is 3.64. The second kappa shape index (κ2) is 10.4. The predicted octanol–water partition coefficient (Wildman–Crippen LogP) is 4.96. The average Bonchev–Trinajstić information content (AvgIpc) is 3.43. The van der Waals surface area contributed by atoms with Crippen molar-refractivity contribution in [2.45, 2.75) is 19.9 Å². The Morgan fingerprint density at radius 1 is 1.21 bits per heavy atom. The number of benzene rings is 2. The molecule has 2 heterocycles. The lowest BCUT2D eigenvalue weighted by Gasteiger charge is -2.11. The molecule has 8 nitrogen and oxygen atoms in total. The summed E-state index contributed by atoms with van der Waals surface area (Å²) in [6, 6.07) is 19.0. The maximum Gasteiger partial charge on any atom is 0.267 e.